The van der Waals surface area contributed by atoms with Crippen molar-refractivity contribution < 1.29 is 17.6 Å². The molecule has 1 saturated heterocycles. The molecule has 2 aromatic carbocycles. The summed E-state index contributed by atoms with van der Waals surface area (Å²) in [6.45, 7) is 8.30. The highest BCUT2D eigenvalue weighted by atomic mass is 32.2. The number of benzene rings is 2. The molecule has 0 aliphatic carbocycles. The topological polar surface area (TPSA) is 84.7 Å². The van der Waals surface area contributed by atoms with E-state index in [-0.39, 0.29) is 29.2 Å². The van der Waals surface area contributed by atoms with Gasteiger partial charge in [0.15, 0.2) is 21.0 Å². The molecule has 0 radical (unpaired) electrons. The van der Waals surface area contributed by atoms with Gasteiger partial charge in [0.2, 0.25) is 0 Å². The first-order valence-corrected chi connectivity index (χ1v) is 13.0. The average molecular weight is 468 g/mol. The second kappa shape index (κ2) is 8.78. The van der Waals surface area contributed by atoms with Gasteiger partial charge in [-0.15, -0.1) is 0 Å². The van der Waals surface area contributed by atoms with Crippen molar-refractivity contribution in [2.45, 2.75) is 52.6 Å². The maximum absolute atomic E-state index is 13.6. The van der Waals surface area contributed by atoms with Gasteiger partial charge in [-0.25, -0.2) is 8.42 Å². The minimum Gasteiger partial charge on any atom is -0.451 e. The number of carbonyl (C=O) groups excluding carboxylic acids is 1. The third-order valence-corrected chi connectivity index (χ3v) is 8.21. The molecule has 2 heterocycles. The summed E-state index contributed by atoms with van der Waals surface area (Å²) in [5.74, 6) is -0.191. The predicted octanol–water partition coefficient (Wildman–Crippen LogP) is 4.36. The van der Waals surface area contributed by atoms with Crippen LogP contribution in [0.3, 0.4) is 0 Å². The highest BCUT2D eigenvalue weighted by molar-refractivity contribution is 7.91. The molecule has 1 atom stereocenters. The summed E-state index contributed by atoms with van der Waals surface area (Å²) >= 11 is 0. The molecule has 1 aliphatic heterocycles. The summed E-state index contributed by atoms with van der Waals surface area (Å²) in [7, 11) is -3.21. The van der Waals surface area contributed by atoms with E-state index in [1.165, 1.54) is 11.6 Å². The molecule has 4 rings (SSSR count). The number of fused-ring (bicyclic) bond motifs is 1. The molecule has 0 spiro atoms. The van der Waals surface area contributed by atoms with Crippen molar-refractivity contribution in [1.82, 2.24) is 4.90 Å². The van der Waals surface area contributed by atoms with Crippen LogP contribution in [0, 0.1) is 13.8 Å². The highest BCUT2D eigenvalue weighted by Gasteiger charge is 2.36. The van der Waals surface area contributed by atoms with Crippen LogP contribution >= 0.6 is 0 Å². The smallest absolute Gasteiger partial charge is 0.290 e. The maximum atomic E-state index is 13.6. The summed E-state index contributed by atoms with van der Waals surface area (Å²) < 4.78 is 30.2. The first-order valence-electron chi connectivity index (χ1n) is 11.2. The van der Waals surface area contributed by atoms with Crippen LogP contribution in [0.4, 0.5) is 0 Å². The normalized spacial score (nSPS) is 17.5. The molecule has 0 saturated carbocycles. The van der Waals surface area contributed by atoms with E-state index < -0.39 is 21.8 Å². The second-order valence-corrected chi connectivity index (χ2v) is 11.5. The van der Waals surface area contributed by atoms with E-state index in [1.807, 2.05) is 38.1 Å². The van der Waals surface area contributed by atoms with E-state index >= 15 is 0 Å². The van der Waals surface area contributed by atoms with E-state index in [4.69, 9.17) is 4.42 Å². The Morgan fingerprint density at radius 2 is 1.76 bits per heavy atom. The molecule has 6 nitrogen and oxygen atoms in total. The van der Waals surface area contributed by atoms with Crippen LogP contribution in [0.15, 0.2) is 51.7 Å². The fourth-order valence-electron chi connectivity index (χ4n) is 4.25. The van der Waals surface area contributed by atoms with Crippen LogP contribution in [-0.4, -0.2) is 36.8 Å². The van der Waals surface area contributed by atoms with Crippen molar-refractivity contribution >= 4 is 26.7 Å². The van der Waals surface area contributed by atoms with Crippen LogP contribution < -0.4 is 5.43 Å². The number of nitrogens with zero attached hydrogens (tertiary/aromatic N) is 1. The maximum Gasteiger partial charge on any atom is 0.290 e. The molecular formula is C26H29NO5S. The van der Waals surface area contributed by atoms with Crippen LogP contribution in [0.2, 0.25) is 0 Å². The van der Waals surface area contributed by atoms with Gasteiger partial charge in [-0.05, 0) is 60.6 Å². The number of hydrogen-bond donors (Lipinski definition) is 0. The van der Waals surface area contributed by atoms with E-state index in [0.29, 0.717) is 23.3 Å². The number of amides is 1. The molecule has 0 bridgehead atoms. The Labute approximate surface area is 194 Å². The Kier molecular flexibility index (Phi) is 6.18. The first kappa shape index (κ1) is 23.2. The standard InChI is InChI=1S/C26H29NO5S/c1-16(2)20-7-5-19(6-8-20)14-27(21-9-10-33(30,31)15-21)26(29)25-13-23(28)22-11-17(3)18(4)12-24(22)32-25/h5-8,11-13,16,21H,9-10,14-15H2,1-4H3/t21-/m0/s1. The molecule has 174 valence electrons. The lowest BCUT2D eigenvalue weighted by Crippen LogP contribution is -2.40. The van der Waals surface area contributed by atoms with E-state index in [1.54, 1.807) is 17.0 Å². The van der Waals surface area contributed by atoms with Gasteiger partial charge in [0.25, 0.3) is 5.91 Å². The Balaban J connectivity index is 1.72. The van der Waals surface area contributed by atoms with Crippen LogP contribution in [0.1, 0.15) is 59.0 Å². The quantitative estimate of drug-likeness (QED) is 0.557. The number of hydrogen-bond acceptors (Lipinski definition) is 5. The van der Waals surface area contributed by atoms with Gasteiger partial charge < -0.3 is 9.32 Å². The van der Waals surface area contributed by atoms with Gasteiger partial charge >= 0.3 is 0 Å². The van der Waals surface area contributed by atoms with Gasteiger partial charge in [-0.2, -0.15) is 0 Å². The second-order valence-electron chi connectivity index (χ2n) is 9.29. The molecule has 33 heavy (non-hydrogen) atoms. The molecule has 0 unspecified atom stereocenters. The lowest BCUT2D eigenvalue weighted by molar-refractivity contribution is 0.0648. The number of sulfone groups is 1. The van der Waals surface area contributed by atoms with Gasteiger partial charge in [-0.1, -0.05) is 38.1 Å². The summed E-state index contributed by atoms with van der Waals surface area (Å²) in [5, 5.41) is 0.425. The third kappa shape index (κ3) is 4.88. The molecule has 1 aromatic heterocycles. The first-order chi connectivity index (χ1) is 15.5. The predicted molar refractivity (Wildman–Crippen MR) is 129 cm³/mol. The minimum absolute atomic E-state index is 0.0495. The lowest BCUT2D eigenvalue weighted by Gasteiger charge is -2.28. The van der Waals surface area contributed by atoms with Crippen molar-refractivity contribution in [1.29, 1.82) is 0 Å². The van der Waals surface area contributed by atoms with Gasteiger partial charge in [0.05, 0.1) is 16.9 Å². The van der Waals surface area contributed by atoms with Crippen LogP contribution in [0.5, 0.6) is 0 Å². The van der Waals surface area contributed by atoms with Crippen molar-refractivity contribution in [3.8, 4) is 0 Å². The minimum atomic E-state index is -3.21. The fourth-order valence-corrected chi connectivity index (χ4v) is 5.98. The molecule has 1 aliphatic rings. The Morgan fingerprint density at radius 3 is 2.36 bits per heavy atom. The van der Waals surface area contributed by atoms with Crippen molar-refractivity contribution in [3.05, 3.63) is 80.7 Å². The molecular weight excluding hydrogens is 438 g/mol. The van der Waals surface area contributed by atoms with Crippen molar-refractivity contribution in [2.24, 2.45) is 0 Å². The zero-order valence-corrected chi connectivity index (χ0v) is 20.2. The third-order valence-electron chi connectivity index (χ3n) is 6.46. The monoisotopic (exact) mass is 467 g/mol. The Morgan fingerprint density at radius 1 is 1.09 bits per heavy atom. The SMILES string of the molecule is Cc1cc2oc(C(=O)N(Cc3ccc(C(C)C)cc3)[C@H]3CCS(=O)(=O)C3)cc(=O)c2cc1C. The largest absolute Gasteiger partial charge is 0.451 e. The number of carbonyl (C=O) groups is 1. The summed E-state index contributed by atoms with van der Waals surface area (Å²) in [4.78, 5) is 27.9. The molecule has 3 aromatic rings. The summed E-state index contributed by atoms with van der Waals surface area (Å²) in [6, 6.07) is 12.2. The van der Waals surface area contributed by atoms with Crippen molar-refractivity contribution in [3.63, 3.8) is 0 Å². The molecule has 1 amide bonds. The fraction of sp³-hybridized carbons (Fsp3) is 0.385. The summed E-state index contributed by atoms with van der Waals surface area (Å²) in [6.07, 6.45) is 0.369. The van der Waals surface area contributed by atoms with Gasteiger partial charge in [-0.3, -0.25) is 9.59 Å². The number of rotatable bonds is 5. The average Bonchev–Trinajstić information content (AvgIpc) is 3.12. The Hall–Kier alpha value is -2.93. The van der Waals surface area contributed by atoms with Gasteiger partial charge in [0, 0.05) is 18.7 Å². The van der Waals surface area contributed by atoms with E-state index in [2.05, 4.69) is 13.8 Å². The molecule has 1 fully saturated rings. The lowest BCUT2D eigenvalue weighted by atomic mass is 10.0. The summed E-state index contributed by atoms with van der Waals surface area (Å²) in [5.41, 5.74) is 4.07. The molecule has 7 heteroatoms. The highest BCUT2D eigenvalue weighted by Crippen LogP contribution is 2.25. The number of aryl methyl sites for hydroxylation is 2. The Bertz CT molecular complexity index is 1370. The van der Waals surface area contributed by atoms with Crippen molar-refractivity contribution in [2.75, 3.05) is 11.5 Å². The van der Waals surface area contributed by atoms with Crippen LogP contribution in [-0.2, 0) is 16.4 Å². The molecule has 0 N–H and O–H groups in total. The zero-order valence-electron chi connectivity index (χ0n) is 19.4. The van der Waals surface area contributed by atoms with E-state index in [0.717, 1.165) is 16.7 Å². The van der Waals surface area contributed by atoms with Gasteiger partial charge in [0.1, 0.15) is 5.58 Å². The van der Waals surface area contributed by atoms with Crippen LogP contribution in [0.25, 0.3) is 11.0 Å². The van der Waals surface area contributed by atoms with E-state index in [9.17, 15) is 18.0 Å². The zero-order chi connectivity index (χ0) is 23.9.